The number of rotatable bonds is 7. The van der Waals surface area contributed by atoms with Crippen molar-refractivity contribution in [2.75, 3.05) is 13.7 Å². The molecular formula is C19H18N2O5S. The average Bonchev–Trinajstić information content (AvgIpc) is 2.70. The molecule has 0 unspecified atom stereocenters. The zero-order chi connectivity index (χ0) is 19.3. The van der Waals surface area contributed by atoms with E-state index in [0.29, 0.717) is 11.5 Å². The molecule has 1 amide bonds. The van der Waals surface area contributed by atoms with Gasteiger partial charge < -0.3 is 9.47 Å². The lowest BCUT2D eigenvalue weighted by Gasteiger charge is -2.11. The summed E-state index contributed by atoms with van der Waals surface area (Å²) >= 11 is 0. The molecule has 0 aliphatic rings. The molecule has 3 aromatic carbocycles. The van der Waals surface area contributed by atoms with Gasteiger partial charge in [0.15, 0.2) is 18.1 Å². The summed E-state index contributed by atoms with van der Waals surface area (Å²) in [4.78, 5) is 14.0. The molecule has 140 valence electrons. The Morgan fingerprint density at radius 2 is 1.59 bits per heavy atom. The molecule has 0 fully saturated rings. The molecule has 0 aliphatic heterocycles. The van der Waals surface area contributed by atoms with Gasteiger partial charge >= 0.3 is 0 Å². The maximum Gasteiger partial charge on any atom is 0.272 e. The lowest BCUT2D eigenvalue weighted by Crippen LogP contribution is -2.43. The number of carbonyl (C=O) groups excluding carboxylic acids is 1. The van der Waals surface area contributed by atoms with Gasteiger partial charge in [0.05, 0.1) is 12.0 Å². The van der Waals surface area contributed by atoms with Gasteiger partial charge in [0.2, 0.25) is 0 Å². The van der Waals surface area contributed by atoms with Gasteiger partial charge in [-0.15, -0.1) is 4.83 Å². The Balaban J connectivity index is 1.61. The fourth-order valence-corrected chi connectivity index (χ4v) is 3.33. The third-order valence-corrected chi connectivity index (χ3v) is 5.03. The molecule has 7 nitrogen and oxygen atoms in total. The Morgan fingerprint density at radius 1 is 0.926 bits per heavy atom. The third kappa shape index (κ3) is 4.55. The highest BCUT2D eigenvalue weighted by molar-refractivity contribution is 7.89. The summed E-state index contributed by atoms with van der Waals surface area (Å²) < 4.78 is 35.2. The lowest BCUT2D eigenvalue weighted by atomic mass is 10.1. The maximum atomic E-state index is 12.4. The first-order valence-corrected chi connectivity index (χ1v) is 9.53. The summed E-state index contributed by atoms with van der Waals surface area (Å²) in [5, 5.41) is 1.71. The van der Waals surface area contributed by atoms with Crippen molar-refractivity contribution in [2.45, 2.75) is 4.90 Å². The molecular weight excluding hydrogens is 368 g/mol. The molecule has 0 heterocycles. The topological polar surface area (TPSA) is 93.7 Å². The smallest absolute Gasteiger partial charge is 0.272 e. The zero-order valence-electron chi connectivity index (χ0n) is 14.5. The molecule has 0 bridgehead atoms. The van der Waals surface area contributed by atoms with Gasteiger partial charge in [-0.05, 0) is 35.0 Å². The van der Waals surface area contributed by atoms with E-state index >= 15 is 0 Å². The SMILES string of the molecule is COc1ccccc1OCC(=O)NNS(=O)(=O)c1ccc2ccccc2c1. The Hall–Kier alpha value is -3.10. The van der Waals surface area contributed by atoms with Crippen LogP contribution in [0.5, 0.6) is 11.5 Å². The molecule has 0 radical (unpaired) electrons. The number of hydrogen-bond donors (Lipinski definition) is 2. The Labute approximate surface area is 156 Å². The summed E-state index contributed by atoms with van der Waals surface area (Å²) in [7, 11) is -2.42. The number of fused-ring (bicyclic) bond motifs is 1. The molecule has 0 atom stereocenters. The number of benzene rings is 3. The van der Waals surface area contributed by atoms with Crippen LogP contribution >= 0.6 is 0 Å². The van der Waals surface area contributed by atoms with Gasteiger partial charge in [-0.25, -0.2) is 8.42 Å². The van der Waals surface area contributed by atoms with Gasteiger partial charge in [0.25, 0.3) is 15.9 Å². The molecule has 0 saturated carbocycles. The molecule has 0 aromatic heterocycles. The number of ether oxygens (including phenoxy) is 2. The first kappa shape index (κ1) is 18.7. The summed E-state index contributed by atoms with van der Waals surface area (Å²) in [5.74, 6) is 0.208. The van der Waals surface area contributed by atoms with Crippen LogP contribution in [0.25, 0.3) is 10.8 Å². The standard InChI is InChI=1S/C19H18N2O5S/c1-25-17-8-4-5-9-18(17)26-13-19(22)20-21-27(23,24)16-11-10-14-6-2-3-7-15(14)12-16/h2-12,21H,13H2,1H3,(H,20,22). The third-order valence-electron chi connectivity index (χ3n) is 3.78. The fraction of sp³-hybridized carbons (Fsp3) is 0.105. The van der Waals surface area contributed by atoms with Crippen LogP contribution in [-0.2, 0) is 14.8 Å². The minimum absolute atomic E-state index is 0.0483. The molecule has 8 heteroatoms. The van der Waals surface area contributed by atoms with Gasteiger partial charge in [0.1, 0.15) is 0 Å². The highest BCUT2D eigenvalue weighted by Gasteiger charge is 2.16. The maximum absolute atomic E-state index is 12.4. The van der Waals surface area contributed by atoms with Crippen molar-refractivity contribution in [3.8, 4) is 11.5 Å². The largest absolute Gasteiger partial charge is 0.493 e. The van der Waals surface area contributed by atoms with Crippen LogP contribution < -0.4 is 19.7 Å². The van der Waals surface area contributed by atoms with Crippen molar-refractivity contribution in [1.29, 1.82) is 0 Å². The van der Waals surface area contributed by atoms with Crippen molar-refractivity contribution in [3.05, 3.63) is 66.7 Å². The predicted molar refractivity (Wildman–Crippen MR) is 101 cm³/mol. The Morgan fingerprint density at radius 3 is 2.33 bits per heavy atom. The lowest BCUT2D eigenvalue weighted by molar-refractivity contribution is -0.123. The predicted octanol–water partition coefficient (Wildman–Crippen LogP) is 2.24. The Bertz CT molecular complexity index is 1070. The second-order valence-corrected chi connectivity index (χ2v) is 7.28. The summed E-state index contributed by atoms with van der Waals surface area (Å²) in [5.41, 5.74) is 2.13. The average molecular weight is 386 g/mol. The minimum Gasteiger partial charge on any atom is -0.493 e. The van der Waals surface area contributed by atoms with E-state index in [-0.39, 0.29) is 11.5 Å². The van der Waals surface area contributed by atoms with Crippen LogP contribution in [-0.4, -0.2) is 28.0 Å². The van der Waals surface area contributed by atoms with E-state index in [1.54, 1.807) is 30.3 Å². The van der Waals surface area contributed by atoms with E-state index in [2.05, 4.69) is 10.3 Å². The first-order chi connectivity index (χ1) is 13.0. The van der Waals surface area contributed by atoms with E-state index in [4.69, 9.17) is 9.47 Å². The molecule has 3 aromatic rings. The number of para-hydroxylation sites is 2. The van der Waals surface area contributed by atoms with Gasteiger partial charge in [-0.2, -0.15) is 0 Å². The van der Waals surface area contributed by atoms with Gasteiger partial charge in [-0.1, -0.05) is 42.5 Å². The quantitative estimate of drug-likeness (QED) is 0.608. The number of hydrazine groups is 1. The second-order valence-electron chi connectivity index (χ2n) is 5.60. The molecule has 3 rings (SSSR count). The number of amides is 1. The van der Waals surface area contributed by atoms with Crippen LogP contribution in [0.4, 0.5) is 0 Å². The number of methoxy groups -OCH3 is 1. The van der Waals surface area contributed by atoms with Crippen LogP contribution in [0.1, 0.15) is 0 Å². The zero-order valence-corrected chi connectivity index (χ0v) is 15.3. The molecule has 27 heavy (non-hydrogen) atoms. The van der Waals surface area contributed by atoms with E-state index in [0.717, 1.165) is 10.8 Å². The monoisotopic (exact) mass is 386 g/mol. The number of sulfonamides is 1. The number of nitrogens with one attached hydrogen (secondary N) is 2. The van der Waals surface area contributed by atoms with Crippen LogP contribution in [0.2, 0.25) is 0 Å². The summed E-state index contributed by atoms with van der Waals surface area (Å²) in [6.45, 7) is -0.374. The number of hydrogen-bond acceptors (Lipinski definition) is 5. The number of carbonyl (C=O) groups is 1. The van der Waals surface area contributed by atoms with Crippen molar-refractivity contribution in [2.24, 2.45) is 0 Å². The second kappa shape index (κ2) is 8.07. The van der Waals surface area contributed by atoms with Crippen molar-refractivity contribution in [3.63, 3.8) is 0 Å². The first-order valence-electron chi connectivity index (χ1n) is 8.05. The van der Waals surface area contributed by atoms with Crippen molar-refractivity contribution < 1.29 is 22.7 Å². The van der Waals surface area contributed by atoms with Gasteiger partial charge in [0, 0.05) is 0 Å². The van der Waals surface area contributed by atoms with E-state index in [1.165, 1.54) is 19.2 Å². The Kier molecular flexibility index (Phi) is 5.58. The molecule has 0 aliphatic carbocycles. The van der Waals surface area contributed by atoms with Crippen molar-refractivity contribution >= 4 is 26.7 Å². The van der Waals surface area contributed by atoms with Crippen LogP contribution in [0.3, 0.4) is 0 Å². The molecule has 2 N–H and O–H groups in total. The highest BCUT2D eigenvalue weighted by Crippen LogP contribution is 2.25. The minimum atomic E-state index is -3.90. The van der Waals surface area contributed by atoms with E-state index in [1.807, 2.05) is 24.3 Å². The molecule has 0 spiro atoms. The van der Waals surface area contributed by atoms with Crippen LogP contribution in [0, 0.1) is 0 Å². The molecule has 0 saturated heterocycles. The summed E-state index contributed by atoms with van der Waals surface area (Å²) in [6, 6.07) is 18.9. The fourth-order valence-electron chi connectivity index (χ4n) is 2.44. The van der Waals surface area contributed by atoms with Gasteiger partial charge in [-0.3, -0.25) is 10.2 Å². The van der Waals surface area contributed by atoms with Crippen molar-refractivity contribution in [1.82, 2.24) is 10.3 Å². The normalized spacial score (nSPS) is 11.1. The van der Waals surface area contributed by atoms with Crippen LogP contribution in [0.15, 0.2) is 71.6 Å². The highest BCUT2D eigenvalue weighted by atomic mass is 32.2. The van der Waals surface area contributed by atoms with E-state index < -0.39 is 15.9 Å². The summed E-state index contributed by atoms with van der Waals surface area (Å²) in [6.07, 6.45) is 0. The van der Waals surface area contributed by atoms with E-state index in [9.17, 15) is 13.2 Å².